The lowest BCUT2D eigenvalue weighted by Gasteiger charge is -2.15. The Balaban J connectivity index is 1.96. The fourth-order valence-electron chi connectivity index (χ4n) is 1.96. The summed E-state index contributed by atoms with van der Waals surface area (Å²) in [4.78, 5) is 13.4. The van der Waals surface area contributed by atoms with Crippen molar-refractivity contribution in [2.24, 2.45) is 0 Å². The molecule has 17 heavy (non-hydrogen) atoms. The molecule has 0 spiro atoms. The molecule has 1 fully saturated rings. The first-order valence-corrected chi connectivity index (χ1v) is 6.33. The maximum Gasteiger partial charge on any atom is 0.223 e. The summed E-state index contributed by atoms with van der Waals surface area (Å²) >= 11 is 3.39. The van der Waals surface area contributed by atoms with Crippen LogP contribution in [0.3, 0.4) is 0 Å². The zero-order valence-corrected chi connectivity index (χ0v) is 10.7. The van der Waals surface area contributed by atoms with Gasteiger partial charge in [0.2, 0.25) is 5.91 Å². The molecule has 92 valence electrons. The average molecular weight is 304 g/mol. The Bertz CT molecular complexity index is 418. The summed E-state index contributed by atoms with van der Waals surface area (Å²) in [5.74, 6) is -1.07. The van der Waals surface area contributed by atoms with Crippen molar-refractivity contribution in [1.29, 1.82) is 0 Å². The minimum atomic E-state index is -0.578. The summed E-state index contributed by atoms with van der Waals surface area (Å²) in [6.45, 7) is 1.17. The van der Waals surface area contributed by atoms with E-state index in [1.807, 2.05) is 0 Å². The van der Waals surface area contributed by atoms with Crippen LogP contribution in [0.25, 0.3) is 0 Å². The largest absolute Gasteiger partial charge is 0.341 e. The van der Waals surface area contributed by atoms with Gasteiger partial charge >= 0.3 is 0 Å². The van der Waals surface area contributed by atoms with Crippen molar-refractivity contribution >= 4 is 21.8 Å². The lowest BCUT2D eigenvalue weighted by Crippen LogP contribution is -2.27. The normalized spacial score (nSPS) is 20.1. The van der Waals surface area contributed by atoms with Crippen molar-refractivity contribution in [3.8, 4) is 0 Å². The number of hydrogen-bond acceptors (Lipinski definition) is 1. The Morgan fingerprint density at radius 1 is 1.29 bits per heavy atom. The van der Waals surface area contributed by atoms with Gasteiger partial charge in [0.25, 0.3) is 0 Å². The van der Waals surface area contributed by atoms with E-state index >= 15 is 0 Å². The van der Waals surface area contributed by atoms with Gasteiger partial charge in [0.1, 0.15) is 11.6 Å². The number of amides is 1. The van der Waals surface area contributed by atoms with E-state index in [-0.39, 0.29) is 10.7 Å². The van der Waals surface area contributed by atoms with Gasteiger partial charge in [0.15, 0.2) is 0 Å². The standard InChI is InChI=1S/C12H12BrF2NO/c13-9-5-12(17)16(7-9)2-1-8-3-10(14)6-11(15)4-8/h3-4,6,9H,1-2,5,7H2. The van der Waals surface area contributed by atoms with Crippen molar-refractivity contribution in [3.05, 3.63) is 35.4 Å². The van der Waals surface area contributed by atoms with Crippen LogP contribution in [0.2, 0.25) is 0 Å². The fraction of sp³-hybridized carbons (Fsp3) is 0.417. The molecule has 1 atom stereocenters. The van der Waals surface area contributed by atoms with E-state index in [1.165, 1.54) is 12.1 Å². The zero-order chi connectivity index (χ0) is 12.4. The first-order chi connectivity index (χ1) is 8.04. The third-order valence-electron chi connectivity index (χ3n) is 2.76. The van der Waals surface area contributed by atoms with Gasteiger partial charge in [-0.3, -0.25) is 4.79 Å². The predicted molar refractivity (Wildman–Crippen MR) is 64.0 cm³/mol. The number of hydrogen-bond donors (Lipinski definition) is 0. The smallest absolute Gasteiger partial charge is 0.223 e. The van der Waals surface area contributed by atoms with Gasteiger partial charge in [0, 0.05) is 30.4 Å². The van der Waals surface area contributed by atoms with E-state index in [2.05, 4.69) is 15.9 Å². The van der Waals surface area contributed by atoms with Crippen molar-refractivity contribution in [2.45, 2.75) is 17.7 Å². The number of carbonyl (C=O) groups is 1. The highest BCUT2D eigenvalue weighted by Crippen LogP contribution is 2.18. The highest BCUT2D eigenvalue weighted by Gasteiger charge is 2.26. The van der Waals surface area contributed by atoms with Gasteiger partial charge in [-0.1, -0.05) is 15.9 Å². The number of alkyl halides is 1. The summed E-state index contributed by atoms with van der Waals surface area (Å²) < 4.78 is 25.9. The van der Waals surface area contributed by atoms with E-state index in [1.54, 1.807) is 4.90 Å². The van der Waals surface area contributed by atoms with Crippen LogP contribution in [0.5, 0.6) is 0 Å². The van der Waals surface area contributed by atoms with Gasteiger partial charge in [-0.15, -0.1) is 0 Å². The van der Waals surface area contributed by atoms with E-state index in [0.29, 0.717) is 31.5 Å². The molecule has 1 aromatic carbocycles. The first-order valence-electron chi connectivity index (χ1n) is 5.41. The molecule has 5 heteroatoms. The molecule has 1 amide bonds. The molecule has 1 heterocycles. The highest BCUT2D eigenvalue weighted by molar-refractivity contribution is 9.09. The second kappa shape index (κ2) is 5.12. The summed E-state index contributed by atoms with van der Waals surface area (Å²) in [5, 5.41) is 0. The minimum Gasteiger partial charge on any atom is -0.341 e. The minimum absolute atomic E-state index is 0.0868. The van der Waals surface area contributed by atoms with Crippen LogP contribution in [0.15, 0.2) is 18.2 Å². The van der Waals surface area contributed by atoms with Crippen LogP contribution in [0.1, 0.15) is 12.0 Å². The van der Waals surface area contributed by atoms with Crippen LogP contribution in [0, 0.1) is 11.6 Å². The number of nitrogens with zero attached hydrogens (tertiary/aromatic N) is 1. The third-order valence-corrected chi connectivity index (χ3v) is 3.37. The molecule has 0 aromatic heterocycles. The molecule has 1 aromatic rings. The Morgan fingerprint density at radius 3 is 2.47 bits per heavy atom. The Labute approximate surface area is 107 Å². The molecule has 1 saturated heterocycles. The van der Waals surface area contributed by atoms with Crippen molar-refractivity contribution in [1.82, 2.24) is 4.90 Å². The quantitative estimate of drug-likeness (QED) is 0.786. The molecule has 0 saturated carbocycles. The topological polar surface area (TPSA) is 20.3 Å². The van der Waals surface area contributed by atoms with Gasteiger partial charge in [0.05, 0.1) is 0 Å². The maximum absolute atomic E-state index is 12.9. The fourth-order valence-corrected chi connectivity index (χ4v) is 2.59. The monoisotopic (exact) mass is 303 g/mol. The van der Waals surface area contributed by atoms with E-state index in [0.717, 1.165) is 6.07 Å². The Morgan fingerprint density at radius 2 is 1.94 bits per heavy atom. The van der Waals surface area contributed by atoms with Crippen LogP contribution < -0.4 is 0 Å². The molecule has 0 bridgehead atoms. The molecule has 1 aliphatic heterocycles. The van der Waals surface area contributed by atoms with E-state index in [4.69, 9.17) is 0 Å². The van der Waals surface area contributed by atoms with Crippen LogP contribution in [-0.2, 0) is 11.2 Å². The number of rotatable bonds is 3. The summed E-state index contributed by atoms with van der Waals surface area (Å²) in [6, 6.07) is 3.45. The van der Waals surface area contributed by atoms with Crippen molar-refractivity contribution in [2.75, 3.05) is 13.1 Å². The van der Waals surface area contributed by atoms with Crippen molar-refractivity contribution in [3.63, 3.8) is 0 Å². The van der Waals surface area contributed by atoms with Gasteiger partial charge in [-0.2, -0.15) is 0 Å². The molecule has 1 aliphatic rings. The zero-order valence-electron chi connectivity index (χ0n) is 9.13. The average Bonchev–Trinajstić information content (AvgIpc) is 2.53. The molecule has 0 aliphatic carbocycles. The third kappa shape index (κ3) is 3.25. The second-order valence-corrected chi connectivity index (χ2v) is 5.46. The van der Waals surface area contributed by atoms with E-state index < -0.39 is 11.6 Å². The molecular formula is C12H12BrF2NO. The lowest BCUT2D eigenvalue weighted by molar-refractivity contribution is -0.127. The second-order valence-electron chi connectivity index (χ2n) is 4.17. The molecular weight excluding hydrogens is 292 g/mol. The molecule has 2 nitrogen and oxygen atoms in total. The first kappa shape index (κ1) is 12.5. The summed E-state index contributed by atoms with van der Waals surface area (Å²) in [5.41, 5.74) is 0.577. The number of benzene rings is 1. The molecule has 0 N–H and O–H groups in total. The van der Waals surface area contributed by atoms with Crippen LogP contribution in [0.4, 0.5) is 8.78 Å². The lowest BCUT2D eigenvalue weighted by atomic mass is 10.1. The number of halogens is 3. The predicted octanol–water partition coefficient (Wildman–Crippen LogP) is 2.50. The maximum atomic E-state index is 12.9. The molecule has 2 rings (SSSR count). The van der Waals surface area contributed by atoms with Gasteiger partial charge in [-0.05, 0) is 24.1 Å². The number of likely N-dealkylation sites (tertiary alicyclic amines) is 1. The SMILES string of the molecule is O=C1CC(Br)CN1CCc1cc(F)cc(F)c1. The van der Waals surface area contributed by atoms with E-state index in [9.17, 15) is 13.6 Å². The number of carbonyl (C=O) groups excluding carboxylic acids is 1. The Kier molecular flexibility index (Phi) is 3.76. The summed E-state index contributed by atoms with van der Waals surface area (Å²) in [6.07, 6.45) is 0.970. The van der Waals surface area contributed by atoms with Gasteiger partial charge in [-0.25, -0.2) is 8.78 Å². The van der Waals surface area contributed by atoms with Gasteiger partial charge < -0.3 is 4.90 Å². The van der Waals surface area contributed by atoms with Crippen molar-refractivity contribution < 1.29 is 13.6 Å². The molecule has 1 unspecified atom stereocenters. The molecule has 0 radical (unpaired) electrons. The highest BCUT2D eigenvalue weighted by atomic mass is 79.9. The summed E-state index contributed by atoms with van der Waals surface area (Å²) in [7, 11) is 0. The Hall–Kier alpha value is -0.970. The van der Waals surface area contributed by atoms with Crippen LogP contribution in [-0.4, -0.2) is 28.7 Å². The van der Waals surface area contributed by atoms with Crippen LogP contribution >= 0.6 is 15.9 Å².